The molecule has 0 fully saturated rings. The fourth-order valence-corrected chi connectivity index (χ4v) is 1.19. The molecule has 0 N–H and O–H groups in total. The maximum absolute atomic E-state index is 5.51. The third-order valence-corrected chi connectivity index (χ3v) is 2.34. The molecule has 0 spiro atoms. The van der Waals surface area contributed by atoms with Crippen molar-refractivity contribution in [2.45, 2.75) is 46.6 Å². The monoisotopic (exact) mass is 170 g/mol. The molecule has 0 amide bonds. The zero-order valence-corrected chi connectivity index (χ0v) is 8.89. The van der Waals surface area contributed by atoms with Gasteiger partial charge in [0.25, 0.3) is 0 Å². The first-order valence-corrected chi connectivity index (χ1v) is 4.90. The maximum atomic E-state index is 5.51. The molecule has 12 heavy (non-hydrogen) atoms. The first-order chi connectivity index (χ1) is 5.61. The van der Waals surface area contributed by atoms with E-state index in [1.165, 1.54) is 5.57 Å². The second-order valence-electron chi connectivity index (χ2n) is 3.45. The van der Waals surface area contributed by atoms with Crippen LogP contribution in [0.15, 0.2) is 12.2 Å². The fourth-order valence-electron chi connectivity index (χ4n) is 1.19. The minimum Gasteiger partial charge on any atom is -0.379 e. The van der Waals surface area contributed by atoms with E-state index in [-0.39, 0.29) is 0 Å². The van der Waals surface area contributed by atoms with Crippen molar-refractivity contribution in [2.24, 2.45) is 5.92 Å². The summed E-state index contributed by atoms with van der Waals surface area (Å²) in [6.45, 7) is 13.4. The lowest BCUT2D eigenvalue weighted by Gasteiger charge is -2.20. The van der Waals surface area contributed by atoms with Gasteiger partial charge in [0, 0.05) is 6.61 Å². The Morgan fingerprint density at radius 1 is 1.33 bits per heavy atom. The molecule has 0 aromatic heterocycles. The van der Waals surface area contributed by atoms with Gasteiger partial charge in [-0.25, -0.2) is 0 Å². The van der Waals surface area contributed by atoms with Crippen molar-refractivity contribution in [2.75, 3.05) is 6.61 Å². The average molecular weight is 170 g/mol. The van der Waals surface area contributed by atoms with Gasteiger partial charge in [-0.2, -0.15) is 0 Å². The van der Waals surface area contributed by atoms with Crippen LogP contribution < -0.4 is 0 Å². The molecular formula is C11H22O. The second-order valence-corrected chi connectivity index (χ2v) is 3.45. The summed E-state index contributed by atoms with van der Waals surface area (Å²) in [4.78, 5) is 0. The number of hydrogen-bond acceptors (Lipinski definition) is 1. The van der Waals surface area contributed by atoms with Crippen molar-refractivity contribution in [3.05, 3.63) is 12.2 Å². The molecule has 0 aromatic rings. The number of allylic oxidation sites excluding steroid dienone is 1. The quantitative estimate of drug-likeness (QED) is 0.555. The van der Waals surface area contributed by atoms with Crippen molar-refractivity contribution >= 4 is 0 Å². The third kappa shape index (κ3) is 4.55. The summed E-state index contributed by atoms with van der Waals surface area (Å²) in [5.74, 6) is 0.595. The molecule has 0 saturated heterocycles. The van der Waals surface area contributed by atoms with Gasteiger partial charge < -0.3 is 4.74 Å². The van der Waals surface area contributed by atoms with E-state index in [0.717, 1.165) is 19.4 Å². The molecule has 0 radical (unpaired) electrons. The van der Waals surface area contributed by atoms with Crippen LogP contribution in [0.1, 0.15) is 40.5 Å². The SMILES string of the molecule is C=C(CC)CC(C)C(C)OCC. The molecule has 2 unspecified atom stereocenters. The number of hydrogen-bond donors (Lipinski definition) is 0. The zero-order valence-electron chi connectivity index (χ0n) is 8.89. The van der Waals surface area contributed by atoms with Crippen LogP contribution in [0.3, 0.4) is 0 Å². The maximum Gasteiger partial charge on any atom is 0.0575 e. The predicted octanol–water partition coefficient (Wildman–Crippen LogP) is 3.40. The predicted molar refractivity (Wildman–Crippen MR) is 54.3 cm³/mol. The van der Waals surface area contributed by atoms with Crippen molar-refractivity contribution in [3.8, 4) is 0 Å². The van der Waals surface area contributed by atoms with Gasteiger partial charge in [0.1, 0.15) is 0 Å². The number of rotatable bonds is 6. The third-order valence-electron chi connectivity index (χ3n) is 2.34. The van der Waals surface area contributed by atoms with Crippen LogP contribution >= 0.6 is 0 Å². The summed E-state index contributed by atoms with van der Waals surface area (Å²) in [7, 11) is 0. The Bertz CT molecular complexity index is 129. The van der Waals surface area contributed by atoms with E-state index in [2.05, 4.69) is 27.4 Å². The van der Waals surface area contributed by atoms with Gasteiger partial charge >= 0.3 is 0 Å². The molecule has 1 heteroatoms. The molecule has 0 saturated carbocycles. The van der Waals surface area contributed by atoms with Crippen LogP contribution in [-0.2, 0) is 4.74 Å². The number of ether oxygens (including phenoxy) is 1. The van der Waals surface area contributed by atoms with E-state index in [4.69, 9.17) is 4.74 Å². The van der Waals surface area contributed by atoms with Crippen LogP contribution in [0.4, 0.5) is 0 Å². The molecule has 0 heterocycles. The van der Waals surface area contributed by atoms with Crippen molar-refractivity contribution < 1.29 is 4.74 Å². The lowest BCUT2D eigenvalue weighted by atomic mass is 9.96. The van der Waals surface area contributed by atoms with E-state index < -0.39 is 0 Å². The van der Waals surface area contributed by atoms with Crippen LogP contribution in [0.25, 0.3) is 0 Å². The Morgan fingerprint density at radius 2 is 1.92 bits per heavy atom. The highest BCUT2D eigenvalue weighted by Crippen LogP contribution is 2.17. The molecule has 0 rings (SSSR count). The fraction of sp³-hybridized carbons (Fsp3) is 0.818. The van der Waals surface area contributed by atoms with Gasteiger partial charge in [0.05, 0.1) is 6.10 Å². The van der Waals surface area contributed by atoms with E-state index >= 15 is 0 Å². The summed E-state index contributed by atoms with van der Waals surface area (Å²) >= 11 is 0. The molecule has 0 aliphatic rings. The molecule has 72 valence electrons. The Kier molecular flexibility index (Phi) is 6.09. The van der Waals surface area contributed by atoms with Crippen LogP contribution in [-0.4, -0.2) is 12.7 Å². The molecule has 0 aliphatic carbocycles. The van der Waals surface area contributed by atoms with Crippen LogP contribution in [0.2, 0.25) is 0 Å². The van der Waals surface area contributed by atoms with Crippen LogP contribution in [0, 0.1) is 5.92 Å². The molecule has 0 aliphatic heterocycles. The standard InChI is InChI=1S/C11H22O/c1-6-9(3)8-10(4)11(5)12-7-2/h10-11H,3,6-8H2,1-2,4-5H3. The van der Waals surface area contributed by atoms with E-state index in [9.17, 15) is 0 Å². The molecule has 2 atom stereocenters. The highest BCUT2D eigenvalue weighted by Gasteiger charge is 2.12. The van der Waals surface area contributed by atoms with Gasteiger partial charge in [0.15, 0.2) is 0 Å². The average Bonchev–Trinajstić information content (AvgIpc) is 2.04. The van der Waals surface area contributed by atoms with Gasteiger partial charge in [0.2, 0.25) is 0 Å². The van der Waals surface area contributed by atoms with Gasteiger partial charge in [-0.05, 0) is 32.6 Å². The topological polar surface area (TPSA) is 9.23 Å². The Hall–Kier alpha value is -0.300. The highest BCUT2D eigenvalue weighted by atomic mass is 16.5. The smallest absolute Gasteiger partial charge is 0.0575 e. The second kappa shape index (κ2) is 6.24. The highest BCUT2D eigenvalue weighted by molar-refractivity contribution is 4.94. The Balaban J connectivity index is 3.69. The molecule has 0 bridgehead atoms. The van der Waals surface area contributed by atoms with Gasteiger partial charge in [-0.15, -0.1) is 0 Å². The lowest BCUT2D eigenvalue weighted by molar-refractivity contribution is 0.0387. The summed E-state index contributed by atoms with van der Waals surface area (Å²) in [5.41, 5.74) is 1.33. The first-order valence-electron chi connectivity index (χ1n) is 4.90. The van der Waals surface area contributed by atoms with Gasteiger partial charge in [-0.1, -0.05) is 26.0 Å². The van der Waals surface area contributed by atoms with E-state index in [1.807, 2.05) is 6.92 Å². The van der Waals surface area contributed by atoms with Crippen molar-refractivity contribution in [3.63, 3.8) is 0 Å². The van der Waals surface area contributed by atoms with Crippen molar-refractivity contribution in [1.82, 2.24) is 0 Å². The first kappa shape index (κ1) is 11.7. The molecule has 1 nitrogen and oxygen atoms in total. The molecular weight excluding hydrogens is 148 g/mol. The minimum absolute atomic E-state index is 0.360. The summed E-state index contributed by atoms with van der Waals surface area (Å²) in [6, 6.07) is 0. The van der Waals surface area contributed by atoms with Crippen LogP contribution in [0.5, 0.6) is 0 Å². The normalized spacial score (nSPS) is 15.7. The van der Waals surface area contributed by atoms with Crippen molar-refractivity contribution in [1.29, 1.82) is 0 Å². The van der Waals surface area contributed by atoms with Gasteiger partial charge in [-0.3, -0.25) is 0 Å². The van der Waals surface area contributed by atoms with E-state index in [1.54, 1.807) is 0 Å². The zero-order chi connectivity index (χ0) is 9.56. The Labute approximate surface area is 76.8 Å². The summed E-state index contributed by atoms with van der Waals surface area (Å²) in [5, 5.41) is 0. The summed E-state index contributed by atoms with van der Waals surface area (Å²) < 4.78 is 5.51. The summed E-state index contributed by atoms with van der Waals surface area (Å²) in [6.07, 6.45) is 2.54. The Morgan fingerprint density at radius 3 is 2.33 bits per heavy atom. The molecule has 0 aromatic carbocycles. The van der Waals surface area contributed by atoms with E-state index in [0.29, 0.717) is 12.0 Å². The largest absolute Gasteiger partial charge is 0.379 e. The lowest BCUT2D eigenvalue weighted by Crippen LogP contribution is -2.18. The minimum atomic E-state index is 0.360.